The van der Waals surface area contributed by atoms with E-state index >= 15 is 0 Å². The molecule has 2 saturated heterocycles. The number of imidazole rings is 1. The Balaban J connectivity index is 1.26. The highest BCUT2D eigenvalue weighted by Gasteiger charge is 2.28. The zero-order chi connectivity index (χ0) is 25.2. The van der Waals surface area contributed by atoms with Gasteiger partial charge in [-0.3, -0.25) is 4.90 Å². The first-order valence-corrected chi connectivity index (χ1v) is 13.2. The summed E-state index contributed by atoms with van der Waals surface area (Å²) in [6.07, 6.45) is 4.90. The first kappa shape index (κ1) is 23.8. The number of rotatable bonds is 7. The largest absolute Gasteiger partial charge is 0.354 e. The number of anilines is 2. The SMILES string of the molecule is NCCCN1CCN(c2cccc(-c3cnc4ccc(N5CCC[C@@H]5c5cccc(F)c5)nn34)n2)CC1. The lowest BCUT2D eigenvalue weighted by molar-refractivity contribution is 0.256. The summed E-state index contributed by atoms with van der Waals surface area (Å²) >= 11 is 0. The van der Waals surface area contributed by atoms with Crippen molar-refractivity contribution in [3.05, 3.63) is 72.2 Å². The Morgan fingerprint density at radius 3 is 2.65 bits per heavy atom. The van der Waals surface area contributed by atoms with Crippen molar-refractivity contribution in [2.75, 3.05) is 55.6 Å². The van der Waals surface area contributed by atoms with Gasteiger partial charge in [-0.2, -0.15) is 0 Å². The van der Waals surface area contributed by atoms with E-state index in [1.54, 1.807) is 12.1 Å². The van der Waals surface area contributed by atoms with Gasteiger partial charge in [0.1, 0.15) is 23.1 Å². The van der Waals surface area contributed by atoms with Gasteiger partial charge in [0.2, 0.25) is 0 Å². The number of halogens is 1. The van der Waals surface area contributed by atoms with E-state index in [4.69, 9.17) is 15.8 Å². The topological polar surface area (TPSA) is 78.8 Å². The quantitative estimate of drug-likeness (QED) is 0.414. The van der Waals surface area contributed by atoms with E-state index in [2.05, 4.69) is 31.8 Å². The summed E-state index contributed by atoms with van der Waals surface area (Å²) in [7, 11) is 0. The molecule has 6 rings (SSSR count). The Labute approximate surface area is 216 Å². The van der Waals surface area contributed by atoms with Crippen LogP contribution < -0.4 is 15.5 Å². The zero-order valence-electron chi connectivity index (χ0n) is 21.0. The van der Waals surface area contributed by atoms with E-state index in [0.717, 1.165) is 99.3 Å². The van der Waals surface area contributed by atoms with Crippen LogP contribution in [-0.4, -0.2) is 70.3 Å². The number of fused-ring (bicyclic) bond motifs is 1. The Hall–Kier alpha value is -3.56. The number of pyridine rings is 1. The molecule has 3 aromatic heterocycles. The Morgan fingerprint density at radius 2 is 1.81 bits per heavy atom. The van der Waals surface area contributed by atoms with Crippen LogP contribution in [0.3, 0.4) is 0 Å². The summed E-state index contributed by atoms with van der Waals surface area (Å²) in [6, 6.07) is 17.2. The maximum Gasteiger partial charge on any atom is 0.154 e. The molecule has 4 aromatic rings. The predicted octanol–water partition coefficient (Wildman–Crippen LogP) is 3.74. The predicted molar refractivity (Wildman–Crippen MR) is 144 cm³/mol. The summed E-state index contributed by atoms with van der Waals surface area (Å²) in [4.78, 5) is 16.7. The third-order valence-corrected chi connectivity index (χ3v) is 7.50. The van der Waals surface area contributed by atoms with E-state index < -0.39 is 0 Å². The number of hydrogen-bond acceptors (Lipinski definition) is 7. The fourth-order valence-corrected chi connectivity index (χ4v) is 5.55. The van der Waals surface area contributed by atoms with E-state index in [-0.39, 0.29) is 11.9 Å². The van der Waals surface area contributed by atoms with Crippen molar-refractivity contribution >= 4 is 17.3 Å². The number of benzene rings is 1. The molecule has 2 aliphatic rings. The lowest BCUT2D eigenvalue weighted by Crippen LogP contribution is -2.47. The highest BCUT2D eigenvalue weighted by molar-refractivity contribution is 5.62. The van der Waals surface area contributed by atoms with Crippen LogP contribution in [0.2, 0.25) is 0 Å². The van der Waals surface area contributed by atoms with Crippen molar-refractivity contribution in [1.29, 1.82) is 0 Å². The molecule has 0 bridgehead atoms. The van der Waals surface area contributed by atoms with Gasteiger partial charge in [-0.05, 0) is 74.3 Å². The average molecular weight is 501 g/mol. The van der Waals surface area contributed by atoms with Gasteiger partial charge in [0.25, 0.3) is 0 Å². The minimum Gasteiger partial charge on any atom is -0.354 e. The minimum absolute atomic E-state index is 0.109. The molecule has 2 fully saturated rings. The number of hydrogen-bond donors (Lipinski definition) is 1. The molecular weight excluding hydrogens is 467 g/mol. The van der Waals surface area contributed by atoms with Crippen molar-refractivity contribution in [1.82, 2.24) is 24.5 Å². The summed E-state index contributed by atoms with van der Waals surface area (Å²) in [6.45, 7) is 6.63. The molecule has 0 aliphatic carbocycles. The molecule has 1 atom stereocenters. The van der Waals surface area contributed by atoms with E-state index in [0.29, 0.717) is 0 Å². The van der Waals surface area contributed by atoms with E-state index in [1.807, 2.05) is 35.0 Å². The van der Waals surface area contributed by atoms with Crippen molar-refractivity contribution in [2.24, 2.45) is 5.73 Å². The molecule has 0 saturated carbocycles. The second-order valence-corrected chi connectivity index (χ2v) is 9.86. The lowest BCUT2D eigenvalue weighted by Gasteiger charge is -2.35. The monoisotopic (exact) mass is 500 g/mol. The number of aromatic nitrogens is 4. The summed E-state index contributed by atoms with van der Waals surface area (Å²) < 4.78 is 15.8. The molecule has 2 aliphatic heterocycles. The van der Waals surface area contributed by atoms with Gasteiger partial charge in [-0.25, -0.2) is 18.9 Å². The average Bonchev–Trinajstić information content (AvgIpc) is 3.60. The molecule has 0 unspecified atom stereocenters. The smallest absolute Gasteiger partial charge is 0.154 e. The second kappa shape index (κ2) is 10.4. The molecule has 192 valence electrons. The summed E-state index contributed by atoms with van der Waals surface area (Å²) in [5.41, 5.74) is 9.15. The Bertz CT molecular complexity index is 1360. The standard InChI is InChI=1S/C28H33FN8/c29-22-6-1-5-21(19-22)24-8-3-14-36(24)28-11-10-26-31-20-25(37(26)33-28)23-7-2-9-27(32-23)35-17-15-34(16-18-35)13-4-12-30/h1-2,5-7,9-11,19-20,24H,3-4,8,12-18,30H2/t24-/m1/s1. The highest BCUT2D eigenvalue weighted by atomic mass is 19.1. The Morgan fingerprint density at radius 1 is 0.946 bits per heavy atom. The maximum absolute atomic E-state index is 13.9. The van der Waals surface area contributed by atoms with Crippen LogP contribution in [0.4, 0.5) is 16.0 Å². The molecule has 1 aromatic carbocycles. The molecule has 9 heteroatoms. The molecule has 37 heavy (non-hydrogen) atoms. The van der Waals surface area contributed by atoms with Gasteiger partial charge in [0.05, 0.1) is 17.9 Å². The second-order valence-electron chi connectivity index (χ2n) is 9.86. The lowest BCUT2D eigenvalue weighted by atomic mass is 10.0. The molecule has 2 N–H and O–H groups in total. The van der Waals surface area contributed by atoms with Gasteiger partial charge in [-0.15, -0.1) is 5.10 Å². The first-order chi connectivity index (χ1) is 18.2. The minimum atomic E-state index is -0.201. The molecule has 0 radical (unpaired) electrons. The number of piperazine rings is 1. The molecule has 8 nitrogen and oxygen atoms in total. The van der Waals surface area contributed by atoms with Gasteiger partial charge in [0.15, 0.2) is 5.65 Å². The van der Waals surface area contributed by atoms with Crippen LogP contribution in [0.1, 0.15) is 30.9 Å². The third-order valence-electron chi connectivity index (χ3n) is 7.50. The summed E-state index contributed by atoms with van der Waals surface area (Å²) in [5, 5.41) is 4.99. The van der Waals surface area contributed by atoms with Crippen LogP contribution in [0.15, 0.2) is 60.8 Å². The van der Waals surface area contributed by atoms with Crippen LogP contribution >= 0.6 is 0 Å². The summed E-state index contributed by atoms with van der Waals surface area (Å²) in [5.74, 6) is 1.64. The first-order valence-electron chi connectivity index (χ1n) is 13.2. The third kappa shape index (κ3) is 4.89. The van der Waals surface area contributed by atoms with Gasteiger partial charge in [-0.1, -0.05) is 18.2 Å². The van der Waals surface area contributed by atoms with Gasteiger partial charge in [0, 0.05) is 32.7 Å². The van der Waals surface area contributed by atoms with Crippen molar-refractivity contribution < 1.29 is 4.39 Å². The fraction of sp³-hybridized carbons (Fsp3) is 0.393. The number of nitrogens with zero attached hydrogens (tertiary/aromatic N) is 7. The maximum atomic E-state index is 13.9. The van der Waals surface area contributed by atoms with Crippen LogP contribution in [0.5, 0.6) is 0 Å². The normalized spacial score (nSPS) is 18.7. The number of nitrogens with two attached hydrogens (primary N) is 1. The van der Waals surface area contributed by atoms with Gasteiger partial charge < -0.3 is 15.5 Å². The fourth-order valence-electron chi connectivity index (χ4n) is 5.55. The molecule has 5 heterocycles. The highest BCUT2D eigenvalue weighted by Crippen LogP contribution is 2.35. The Kier molecular flexibility index (Phi) is 6.72. The van der Waals surface area contributed by atoms with Crippen LogP contribution in [-0.2, 0) is 0 Å². The van der Waals surface area contributed by atoms with Crippen molar-refractivity contribution in [3.63, 3.8) is 0 Å². The molecule has 0 spiro atoms. The van der Waals surface area contributed by atoms with Gasteiger partial charge >= 0.3 is 0 Å². The van der Waals surface area contributed by atoms with E-state index in [9.17, 15) is 4.39 Å². The molecular formula is C28H33FN8. The van der Waals surface area contributed by atoms with Crippen LogP contribution in [0, 0.1) is 5.82 Å². The van der Waals surface area contributed by atoms with Crippen LogP contribution in [0.25, 0.3) is 17.0 Å². The zero-order valence-corrected chi connectivity index (χ0v) is 21.0. The van der Waals surface area contributed by atoms with E-state index in [1.165, 1.54) is 6.07 Å². The molecule has 0 amide bonds. The van der Waals surface area contributed by atoms with Crippen molar-refractivity contribution in [2.45, 2.75) is 25.3 Å². The van der Waals surface area contributed by atoms with Crippen molar-refractivity contribution in [3.8, 4) is 11.4 Å².